The highest BCUT2D eigenvalue weighted by atomic mass is 19.1. The summed E-state index contributed by atoms with van der Waals surface area (Å²) in [6, 6.07) is 11.0. The summed E-state index contributed by atoms with van der Waals surface area (Å²) in [4.78, 5) is 0. The van der Waals surface area contributed by atoms with Crippen molar-refractivity contribution in [1.82, 2.24) is 5.32 Å². The van der Waals surface area contributed by atoms with Crippen molar-refractivity contribution in [3.63, 3.8) is 0 Å². The number of hydrogen-bond acceptors (Lipinski definition) is 3. The standard InChI is InChI=1S/C17H18F2N2O/c1-17(10-21-9-16(20)22-17)12-4-2-3-11(7-12)14-6-5-13(18)8-15(14)19/h2-8,16,21H,9-10,20H2,1H3. The minimum absolute atomic E-state index is 0.361. The van der Waals surface area contributed by atoms with Crippen molar-refractivity contribution in [3.05, 3.63) is 59.7 Å². The Morgan fingerprint density at radius 1 is 1.23 bits per heavy atom. The van der Waals surface area contributed by atoms with Gasteiger partial charge in [0.2, 0.25) is 0 Å². The predicted molar refractivity (Wildman–Crippen MR) is 81.1 cm³/mol. The Labute approximate surface area is 128 Å². The first-order valence-corrected chi connectivity index (χ1v) is 7.18. The van der Waals surface area contributed by atoms with Crippen LogP contribution in [0.4, 0.5) is 8.78 Å². The quantitative estimate of drug-likeness (QED) is 0.897. The summed E-state index contributed by atoms with van der Waals surface area (Å²) >= 11 is 0. The molecule has 2 unspecified atom stereocenters. The van der Waals surface area contributed by atoms with Crippen molar-refractivity contribution in [2.75, 3.05) is 13.1 Å². The van der Waals surface area contributed by atoms with Crippen LogP contribution >= 0.6 is 0 Å². The van der Waals surface area contributed by atoms with Gasteiger partial charge in [0.15, 0.2) is 0 Å². The molecule has 0 aliphatic carbocycles. The summed E-state index contributed by atoms with van der Waals surface area (Å²) in [6.07, 6.45) is -0.384. The molecule has 0 saturated carbocycles. The van der Waals surface area contributed by atoms with Gasteiger partial charge < -0.3 is 15.8 Å². The minimum Gasteiger partial charge on any atom is -0.350 e. The van der Waals surface area contributed by atoms with E-state index in [4.69, 9.17) is 10.5 Å². The first-order valence-electron chi connectivity index (χ1n) is 7.18. The van der Waals surface area contributed by atoms with E-state index in [0.717, 1.165) is 11.6 Å². The largest absolute Gasteiger partial charge is 0.350 e. The van der Waals surface area contributed by atoms with Crippen LogP contribution in [0.5, 0.6) is 0 Å². The molecule has 0 radical (unpaired) electrons. The summed E-state index contributed by atoms with van der Waals surface area (Å²) < 4.78 is 32.9. The fraction of sp³-hybridized carbons (Fsp3) is 0.294. The Kier molecular flexibility index (Phi) is 3.95. The molecule has 0 amide bonds. The minimum atomic E-state index is -0.588. The van der Waals surface area contributed by atoms with E-state index in [0.29, 0.717) is 24.2 Å². The summed E-state index contributed by atoms with van der Waals surface area (Å²) in [7, 11) is 0. The molecule has 2 atom stereocenters. The van der Waals surface area contributed by atoms with Crippen LogP contribution in [0.1, 0.15) is 12.5 Å². The molecule has 1 aliphatic heterocycles. The van der Waals surface area contributed by atoms with E-state index < -0.39 is 17.2 Å². The van der Waals surface area contributed by atoms with E-state index in [1.54, 1.807) is 6.07 Å². The highest BCUT2D eigenvalue weighted by Gasteiger charge is 2.33. The van der Waals surface area contributed by atoms with E-state index >= 15 is 0 Å². The molecule has 5 heteroatoms. The SMILES string of the molecule is CC1(c2cccc(-c3ccc(F)cc3F)c2)CNCC(N)O1. The molecule has 0 aromatic heterocycles. The number of halogens is 2. The molecule has 1 saturated heterocycles. The second-order valence-electron chi connectivity index (χ2n) is 5.72. The number of rotatable bonds is 2. The van der Waals surface area contributed by atoms with Crippen LogP contribution < -0.4 is 11.1 Å². The van der Waals surface area contributed by atoms with E-state index in [-0.39, 0.29) is 6.23 Å². The van der Waals surface area contributed by atoms with Gasteiger partial charge in [0.1, 0.15) is 23.5 Å². The molecule has 2 aromatic carbocycles. The molecular formula is C17H18F2N2O. The monoisotopic (exact) mass is 304 g/mol. The van der Waals surface area contributed by atoms with Gasteiger partial charge in [0.05, 0.1) is 0 Å². The Hall–Kier alpha value is -1.82. The van der Waals surface area contributed by atoms with Crippen molar-refractivity contribution in [3.8, 4) is 11.1 Å². The fourth-order valence-electron chi connectivity index (χ4n) is 2.78. The molecule has 1 aliphatic rings. The summed E-state index contributed by atoms with van der Waals surface area (Å²) in [5, 5.41) is 3.23. The van der Waals surface area contributed by atoms with Crippen LogP contribution in [0.3, 0.4) is 0 Å². The Morgan fingerprint density at radius 3 is 2.77 bits per heavy atom. The van der Waals surface area contributed by atoms with E-state index in [1.165, 1.54) is 12.1 Å². The average molecular weight is 304 g/mol. The number of morpholine rings is 1. The smallest absolute Gasteiger partial charge is 0.133 e. The van der Waals surface area contributed by atoms with Gasteiger partial charge in [-0.1, -0.05) is 18.2 Å². The molecule has 22 heavy (non-hydrogen) atoms. The second-order valence-corrected chi connectivity index (χ2v) is 5.72. The number of nitrogens with one attached hydrogen (secondary N) is 1. The molecule has 116 valence electrons. The molecule has 0 spiro atoms. The van der Waals surface area contributed by atoms with Gasteiger partial charge in [-0.15, -0.1) is 0 Å². The number of benzene rings is 2. The maximum absolute atomic E-state index is 14.0. The summed E-state index contributed by atoms with van der Waals surface area (Å²) in [6.45, 7) is 3.16. The van der Waals surface area contributed by atoms with Crippen LogP contribution in [0, 0.1) is 11.6 Å². The molecule has 1 fully saturated rings. The number of hydrogen-bond donors (Lipinski definition) is 2. The lowest BCUT2D eigenvalue weighted by Crippen LogP contribution is -2.53. The first kappa shape index (κ1) is 15.1. The lowest BCUT2D eigenvalue weighted by atomic mass is 9.91. The van der Waals surface area contributed by atoms with Crippen LogP contribution in [0.2, 0.25) is 0 Å². The van der Waals surface area contributed by atoms with Crippen molar-refractivity contribution in [1.29, 1.82) is 0 Å². The third kappa shape index (κ3) is 2.88. The predicted octanol–water partition coefficient (Wildman–Crippen LogP) is 2.75. The zero-order valence-electron chi connectivity index (χ0n) is 12.3. The highest BCUT2D eigenvalue weighted by Crippen LogP contribution is 2.32. The number of ether oxygens (including phenoxy) is 1. The lowest BCUT2D eigenvalue weighted by molar-refractivity contribution is -0.107. The molecule has 3 N–H and O–H groups in total. The average Bonchev–Trinajstić information content (AvgIpc) is 2.47. The van der Waals surface area contributed by atoms with Gasteiger partial charge >= 0.3 is 0 Å². The molecule has 0 bridgehead atoms. The third-order valence-corrected chi connectivity index (χ3v) is 3.93. The van der Waals surface area contributed by atoms with E-state index in [1.807, 2.05) is 25.1 Å². The van der Waals surface area contributed by atoms with Crippen molar-refractivity contribution >= 4 is 0 Å². The lowest BCUT2D eigenvalue weighted by Gasteiger charge is -2.38. The highest BCUT2D eigenvalue weighted by molar-refractivity contribution is 5.65. The Balaban J connectivity index is 1.99. The fourth-order valence-corrected chi connectivity index (χ4v) is 2.78. The Bertz CT molecular complexity index is 692. The van der Waals surface area contributed by atoms with E-state index in [9.17, 15) is 8.78 Å². The molecule has 3 nitrogen and oxygen atoms in total. The second kappa shape index (κ2) is 5.76. The summed E-state index contributed by atoms with van der Waals surface area (Å²) in [5.74, 6) is -1.17. The van der Waals surface area contributed by atoms with Gasteiger partial charge in [0, 0.05) is 24.7 Å². The van der Waals surface area contributed by atoms with Crippen LogP contribution in [-0.2, 0) is 10.3 Å². The van der Waals surface area contributed by atoms with Crippen molar-refractivity contribution in [2.24, 2.45) is 5.73 Å². The summed E-state index contributed by atoms with van der Waals surface area (Å²) in [5.41, 5.74) is 7.21. The van der Waals surface area contributed by atoms with Crippen molar-refractivity contribution in [2.45, 2.75) is 18.8 Å². The normalized spacial score (nSPS) is 25.2. The maximum Gasteiger partial charge on any atom is 0.133 e. The van der Waals surface area contributed by atoms with Gasteiger partial charge in [-0.05, 0) is 36.2 Å². The van der Waals surface area contributed by atoms with Crippen molar-refractivity contribution < 1.29 is 13.5 Å². The zero-order chi connectivity index (χ0) is 15.7. The van der Waals surface area contributed by atoms with Gasteiger partial charge in [0.25, 0.3) is 0 Å². The molecule has 2 aromatic rings. The Morgan fingerprint density at radius 2 is 2.05 bits per heavy atom. The van der Waals surface area contributed by atoms with Gasteiger partial charge in [-0.25, -0.2) is 8.78 Å². The van der Waals surface area contributed by atoms with E-state index in [2.05, 4.69) is 5.32 Å². The molecular weight excluding hydrogens is 286 g/mol. The maximum atomic E-state index is 14.0. The molecule has 3 rings (SSSR count). The third-order valence-electron chi connectivity index (χ3n) is 3.93. The topological polar surface area (TPSA) is 47.3 Å². The first-order chi connectivity index (χ1) is 10.5. The van der Waals surface area contributed by atoms with Crippen LogP contribution in [0.25, 0.3) is 11.1 Å². The van der Waals surface area contributed by atoms with Gasteiger partial charge in [-0.2, -0.15) is 0 Å². The number of nitrogens with two attached hydrogens (primary N) is 1. The van der Waals surface area contributed by atoms with Gasteiger partial charge in [-0.3, -0.25) is 0 Å². The van der Waals surface area contributed by atoms with Crippen LogP contribution in [0.15, 0.2) is 42.5 Å². The van der Waals surface area contributed by atoms with Crippen LogP contribution in [-0.4, -0.2) is 19.3 Å². The molecule has 1 heterocycles. The zero-order valence-corrected chi connectivity index (χ0v) is 12.3.